The average Bonchev–Trinajstić information content (AvgIpc) is 2.63. The minimum atomic E-state index is -4.09. The summed E-state index contributed by atoms with van der Waals surface area (Å²) in [5.41, 5.74) is 1.18. The van der Waals surface area contributed by atoms with E-state index in [9.17, 15) is 8.42 Å². The maximum atomic E-state index is 11.2. The summed E-state index contributed by atoms with van der Waals surface area (Å²) in [6.45, 7) is 0. The Bertz CT molecular complexity index is 606. The molecule has 0 amide bonds. The van der Waals surface area contributed by atoms with E-state index in [0.717, 1.165) is 24.2 Å². The predicted octanol–water partition coefficient (Wildman–Crippen LogP) is 5.64. The van der Waals surface area contributed by atoms with Crippen LogP contribution in [0.15, 0.2) is 29.2 Å². The van der Waals surface area contributed by atoms with Crippen LogP contribution in [0.5, 0.6) is 0 Å². The van der Waals surface area contributed by atoms with Crippen LogP contribution in [0.1, 0.15) is 76.2 Å². The summed E-state index contributed by atoms with van der Waals surface area (Å²) in [6, 6.07) is 6.78. The summed E-state index contributed by atoms with van der Waals surface area (Å²) < 4.78 is 31.5. The Morgan fingerprint density at radius 1 is 0.840 bits per heavy atom. The molecule has 4 heteroatoms. The van der Waals surface area contributed by atoms with Crippen LogP contribution < -0.4 is 0 Å². The van der Waals surface area contributed by atoms with Gasteiger partial charge >= 0.3 is 0 Å². The van der Waals surface area contributed by atoms with Crippen molar-refractivity contribution in [3.63, 3.8) is 0 Å². The molecule has 0 heterocycles. The average molecular weight is 365 g/mol. The molecule has 1 N–H and O–H groups in total. The van der Waals surface area contributed by atoms with Gasteiger partial charge in [-0.3, -0.25) is 4.55 Å². The molecule has 0 atom stereocenters. The number of aryl methyl sites for hydroxylation is 1. The smallest absolute Gasteiger partial charge is 0.282 e. The molecule has 0 unspecified atom stereocenters. The molecular weight excluding hydrogens is 332 g/mol. The van der Waals surface area contributed by atoms with Gasteiger partial charge in [-0.05, 0) is 48.3 Å². The molecule has 2 fully saturated rings. The lowest BCUT2D eigenvalue weighted by Gasteiger charge is -2.38. The van der Waals surface area contributed by atoms with Gasteiger partial charge < -0.3 is 0 Å². The molecule has 25 heavy (non-hydrogen) atoms. The molecule has 3 rings (SSSR count). The number of hydrogen-bond donors (Lipinski definition) is 1. The Labute approximate surface area is 153 Å². The van der Waals surface area contributed by atoms with Gasteiger partial charge in [-0.15, -0.1) is 0 Å². The molecule has 0 aromatic heterocycles. The van der Waals surface area contributed by atoms with Gasteiger partial charge in [0.25, 0.3) is 10.1 Å². The Hall–Kier alpha value is -0.870. The van der Waals surface area contributed by atoms with Crippen LogP contribution >= 0.6 is 0 Å². The molecule has 3 nitrogen and oxygen atoms in total. The lowest BCUT2D eigenvalue weighted by molar-refractivity contribution is 0.135. The maximum Gasteiger partial charge on any atom is 0.294 e. The zero-order valence-electron chi connectivity index (χ0n) is 15.2. The number of rotatable bonds is 6. The van der Waals surface area contributed by atoms with Crippen molar-refractivity contribution in [3.8, 4) is 0 Å². The molecule has 0 aliphatic heterocycles. The zero-order chi connectivity index (χ0) is 17.7. The zero-order valence-corrected chi connectivity index (χ0v) is 16.0. The third-order valence-corrected chi connectivity index (χ3v) is 7.37. The molecular formula is C21H32O3S. The van der Waals surface area contributed by atoms with Crippen molar-refractivity contribution in [1.82, 2.24) is 0 Å². The van der Waals surface area contributed by atoms with Crippen molar-refractivity contribution in [2.24, 2.45) is 17.8 Å². The quantitative estimate of drug-likeness (QED) is 0.664. The highest BCUT2D eigenvalue weighted by atomic mass is 32.2. The van der Waals surface area contributed by atoms with Crippen molar-refractivity contribution in [2.45, 2.75) is 81.9 Å². The number of hydrogen-bond acceptors (Lipinski definition) is 2. The van der Waals surface area contributed by atoms with Crippen LogP contribution in [0.4, 0.5) is 0 Å². The van der Waals surface area contributed by atoms with E-state index in [1.54, 1.807) is 0 Å². The summed E-state index contributed by atoms with van der Waals surface area (Å²) in [5.74, 6) is 2.63. The van der Waals surface area contributed by atoms with Gasteiger partial charge in [-0.25, -0.2) is 0 Å². The first kappa shape index (κ1) is 18.9. The van der Waals surface area contributed by atoms with Crippen LogP contribution in [-0.4, -0.2) is 13.0 Å². The van der Waals surface area contributed by atoms with Crippen LogP contribution in [0.25, 0.3) is 0 Å². The second-order valence-corrected chi connectivity index (χ2v) is 9.54. The molecule has 1 aromatic carbocycles. The Kier molecular flexibility index (Phi) is 6.56. The first-order chi connectivity index (χ1) is 12.0. The lowest BCUT2D eigenvalue weighted by atomic mass is 9.68. The fourth-order valence-electron chi connectivity index (χ4n) is 5.14. The van der Waals surface area contributed by atoms with Gasteiger partial charge in [-0.1, -0.05) is 76.3 Å². The summed E-state index contributed by atoms with van der Waals surface area (Å²) >= 11 is 0. The third-order valence-electron chi connectivity index (χ3n) is 6.50. The molecule has 2 saturated carbocycles. The Morgan fingerprint density at radius 3 is 1.76 bits per heavy atom. The minimum absolute atomic E-state index is 0.00707. The maximum absolute atomic E-state index is 11.2. The standard InChI is InChI=1S/C21H32O3S/c22-25(23,24)20-14-11-17(12-15-20)13-16-21(18-7-3-1-4-8-18)19-9-5-2-6-10-19/h11-12,14-15,18-19,21H,1-10,13,16H2,(H,22,23,24). The third kappa shape index (κ3) is 5.30. The first-order valence-corrected chi connectivity index (χ1v) is 11.5. The molecule has 140 valence electrons. The van der Waals surface area contributed by atoms with E-state index < -0.39 is 10.1 Å². The fourth-order valence-corrected chi connectivity index (χ4v) is 5.62. The van der Waals surface area contributed by atoms with Gasteiger partial charge in [0.2, 0.25) is 0 Å². The molecule has 1 aromatic rings. The van der Waals surface area contributed by atoms with E-state index in [0.29, 0.717) is 0 Å². The van der Waals surface area contributed by atoms with Crippen LogP contribution in [0.3, 0.4) is 0 Å². The molecule has 0 saturated heterocycles. The van der Waals surface area contributed by atoms with Crippen LogP contribution in [-0.2, 0) is 16.5 Å². The highest BCUT2D eigenvalue weighted by molar-refractivity contribution is 7.85. The second kappa shape index (κ2) is 8.68. The van der Waals surface area contributed by atoms with Gasteiger partial charge in [0.1, 0.15) is 0 Å². The summed E-state index contributed by atoms with van der Waals surface area (Å²) in [5, 5.41) is 0. The van der Waals surface area contributed by atoms with E-state index in [2.05, 4.69) is 0 Å². The molecule has 2 aliphatic rings. The van der Waals surface area contributed by atoms with Gasteiger partial charge in [-0.2, -0.15) is 8.42 Å². The summed E-state index contributed by atoms with van der Waals surface area (Å²) in [4.78, 5) is -0.00707. The summed E-state index contributed by atoms with van der Waals surface area (Å²) in [6.07, 6.45) is 16.3. The SMILES string of the molecule is O=S(=O)(O)c1ccc(CCC(C2CCCCC2)C2CCCCC2)cc1. The van der Waals surface area contributed by atoms with E-state index in [4.69, 9.17) is 4.55 Å². The Morgan fingerprint density at radius 2 is 1.32 bits per heavy atom. The van der Waals surface area contributed by atoms with E-state index in [1.165, 1.54) is 88.3 Å². The van der Waals surface area contributed by atoms with Crippen molar-refractivity contribution < 1.29 is 13.0 Å². The van der Waals surface area contributed by atoms with E-state index in [-0.39, 0.29) is 4.90 Å². The highest BCUT2D eigenvalue weighted by Crippen LogP contribution is 2.42. The van der Waals surface area contributed by atoms with Crippen LogP contribution in [0.2, 0.25) is 0 Å². The predicted molar refractivity (Wildman–Crippen MR) is 101 cm³/mol. The van der Waals surface area contributed by atoms with E-state index in [1.807, 2.05) is 12.1 Å². The Balaban J connectivity index is 1.65. The highest BCUT2D eigenvalue weighted by Gasteiger charge is 2.31. The van der Waals surface area contributed by atoms with Crippen molar-refractivity contribution in [1.29, 1.82) is 0 Å². The van der Waals surface area contributed by atoms with E-state index >= 15 is 0 Å². The molecule has 0 radical (unpaired) electrons. The topological polar surface area (TPSA) is 54.4 Å². The van der Waals surface area contributed by atoms with Crippen molar-refractivity contribution in [3.05, 3.63) is 29.8 Å². The summed E-state index contributed by atoms with van der Waals surface area (Å²) in [7, 11) is -4.09. The fraction of sp³-hybridized carbons (Fsp3) is 0.714. The second-order valence-electron chi connectivity index (χ2n) is 8.12. The van der Waals surface area contributed by atoms with Crippen molar-refractivity contribution in [2.75, 3.05) is 0 Å². The van der Waals surface area contributed by atoms with Crippen molar-refractivity contribution >= 4 is 10.1 Å². The van der Waals surface area contributed by atoms with Gasteiger partial charge in [0.05, 0.1) is 4.90 Å². The van der Waals surface area contributed by atoms with Gasteiger partial charge in [0.15, 0.2) is 0 Å². The van der Waals surface area contributed by atoms with Crippen LogP contribution in [0, 0.1) is 17.8 Å². The monoisotopic (exact) mass is 364 g/mol. The molecule has 0 spiro atoms. The van der Waals surface area contributed by atoms with Gasteiger partial charge in [0, 0.05) is 0 Å². The number of benzene rings is 1. The lowest BCUT2D eigenvalue weighted by Crippen LogP contribution is -2.27. The molecule has 0 bridgehead atoms. The first-order valence-electron chi connectivity index (χ1n) is 10.1. The molecule has 2 aliphatic carbocycles. The largest absolute Gasteiger partial charge is 0.294 e. The minimum Gasteiger partial charge on any atom is -0.282 e. The normalized spacial score (nSPS) is 20.9.